The van der Waals surface area contributed by atoms with Crippen molar-refractivity contribution in [2.75, 3.05) is 0 Å². The molecule has 1 aliphatic rings. The topological polar surface area (TPSA) is 58.2 Å². The first-order valence-electron chi connectivity index (χ1n) is 7.11. The zero-order valence-corrected chi connectivity index (χ0v) is 12.6. The maximum atomic E-state index is 12.8. The van der Waals surface area contributed by atoms with Crippen LogP contribution in [0.4, 0.5) is 4.39 Å². The molecule has 0 fully saturated rings. The molecule has 2 aromatic rings. The summed E-state index contributed by atoms with van der Waals surface area (Å²) in [7, 11) is 0. The minimum atomic E-state index is -0.477. The van der Waals surface area contributed by atoms with Gasteiger partial charge in [-0.2, -0.15) is 0 Å². The zero-order valence-electron chi connectivity index (χ0n) is 11.8. The predicted octanol–water partition coefficient (Wildman–Crippen LogP) is 2.84. The van der Waals surface area contributed by atoms with Crippen LogP contribution in [0.15, 0.2) is 30.3 Å². The number of hydrogen-bond donors (Lipinski definition) is 2. The molecule has 0 atom stereocenters. The van der Waals surface area contributed by atoms with Gasteiger partial charge in [0.1, 0.15) is 5.82 Å². The monoisotopic (exact) mass is 318 g/mol. The first-order valence-corrected chi connectivity index (χ1v) is 7.93. The van der Waals surface area contributed by atoms with Crippen LogP contribution >= 0.6 is 11.3 Å². The van der Waals surface area contributed by atoms with E-state index in [0.717, 1.165) is 25.7 Å². The van der Waals surface area contributed by atoms with Crippen molar-refractivity contribution in [3.8, 4) is 0 Å². The number of carbonyl (C=O) groups is 2. The Morgan fingerprint density at radius 1 is 1.00 bits per heavy atom. The second-order valence-electron chi connectivity index (χ2n) is 5.18. The molecule has 1 aromatic carbocycles. The highest BCUT2D eigenvalue weighted by molar-refractivity contribution is 7.14. The molecule has 0 unspecified atom stereocenters. The van der Waals surface area contributed by atoms with E-state index in [1.54, 1.807) is 0 Å². The fourth-order valence-electron chi connectivity index (χ4n) is 2.45. The van der Waals surface area contributed by atoms with Crippen LogP contribution in [0.5, 0.6) is 0 Å². The highest BCUT2D eigenvalue weighted by Crippen LogP contribution is 2.29. The third kappa shape index (κ3) is 3.17. The second-order valence-corrected chi connectivity index (χ2v) is 6.32. The molecule has 114 valence electrons. The summed E-state index contributed by atoms with van der Waals surface area (Å²) in [5.41, 5.74) is 6.27. The van der Waals surface area contributed by atoms with Crippen molar-refractivity contribution in [2.24, 2.45) is 0 Å². The van der Waals surface area contributed by atoms with Crippen molar-refractivity contribution in [1.82, 2.24) is 10.9 Å². The molecule has 6 heteroatoms. The molecule has 0 aliphatic heterocycles. The van der Waals surface area contributed by atoms with Crippen molar-refractivity contribution >= 4 is 23.2 Å². The lowest BCUT2D eigenvalue weighted by atomic mass is 9.99. The third-order valence-corrected chi connectivity index (χ3v) is 4.85. The van der Waals surface area contributed by atoms with Crippen molar-refractivity contribution < 1.29 is 14.0 Å². The molecule has 4 nitrogen and oxygen atoms in total. The number of thiophene rings is 1. The fourth-order valence-corrected chi connectivity index (χ4v) is 3.60. The highest BCUT2D eigenvalue weighted by Gasteiger charge is 2.17. The zero-order chi connectivity index (χ0) is 15.5. The maximum Gasteiger partial charge on any atom is 0.279 e. The summed E-state index contributed by atoms with van der Waals surface area (Å²) in [6, 6.07) is 7.02. The van der Waals surface area contributed by atoms with Crippen LogP contribution in [-0.2, 0) is 12.8 Å². The Balaban J connectivity index is 1.61. The lowest BCUT2D eigenvalue weighted by molar-refractivity contribution is 0.0849. The Morgan fingerprint density at radius 2 is 1.68 bits per heavy atom. The first-order chi connectivity index (χ1) is 10.6. The Labute approximate surface area is 131 Å². The summed E-state index contributed by atoms with van der Waals surface area (Å²) in [6.45, 7) is 0. The lowest BCUT2D eigenvalue weighted by Gasteiger charge is -2.08. The van der Waals surface area contributed by atoms with Gasteiger partial charge in [0.15, 0.2) is 0 Å². The van der Waals surface area contributed by atoms with Crippen LogP contribution in [0.3, 0.4) is 0 Å². The Hall–Kier alpha value is -2.21. The Morgan fingerprint density at radius 3 is 2.41 bits per heavy atom. The molecule has 2 amide bonds. The van der Waals surface area contributed by atoms with E-state index in [0.29, 0.717) is 4.88 Å². The largest absolute Gasteiger partial charge is 0.279 e. The van der Waals surface area contributed by atoms with Crippen molar-refractivity contribution in [2.45, 2.75) is 25.7 Å². The minimum Gasteiger partial charge on any atom is -0.267 e. The molecule has 1 aromatic heterocycles. The molecule has 1 aliphatic carbocycles. The van der Waals surface area contributed by atoms with Gasteiger partial charge >= 0.3 is 0 Å². The van der Waals surface area contributed by atoms with Crippen molar-refractivity contribution in [3.63, 3.8) is 0 Å². The number of nitrogens with one attached hydrogen (secondary N) is 2. The van der Waals surface area contributed by atoms with Gasteiger partial charge in [-0.25, -0.2) is 4.39 Å². The van der Waals surface area contributed by atoms with Crippen LogP contribution in [0.25, 0.3) is 0 Å². The van der Waals surface area contributed by atoms with E-state index in [2.05, 4.69) is 10.9 Å². The molecule has 0 saturated carbocycles. The van der Waals surface area contributed by atoms with Crippen LogP contribution in [0, 0.1) is 5.82 Å². The summed E-state index contributed by atoms with van der Waals surface area (Å²) < 4.78 is 12.8. The van der Waals surface area contributed by atoms with Gasteiger partial charge < -0.3 is 0 Å². The maximum absolute atomic E-state index is 12.8. The predicted molar refractivity (Wildman–Crippen MR) is 82.3 cm³/mol. The standard InChI is InChI=1S/C16H15FN2O2S/c17-12-7-5-10(6-8-12)15(20)18-19-16(21)14-9-11-3-1-2-4-13(11)22-14/h5-9H,1-4H2,(H,18,20)(H,19,21). The number of aryl methyl sites for hydroxylation is 2. The molecule has 0 radical (unpaired) electrons. The molecule has 2 N–H and O–H groups in total. The SMILES string of the molecule is O=C(NNC(=O)c1cc2c(s1)CCCC2)c1ccc(F)cc1. The van der Waals surface area contributed by atoms with E-state index < -0.39 is 11.7 Å². The van der Waals surface area contributed by atoms with Gasteiger partial charge in [-0.15, -0.1) is 11.3 Å². The van der Waals surface area contributed by atoms with E-state index >= 15 is 0 Å². The molecular formula is C16H15FN2O2S. The van der Waals surface area contributed by atoms with Gasteiger partial charge in [-0.05, 0) is 61.6 Å². The van der Waals surface area contributed by atoms with Gasteiger partial charge in [-0.3, -0.25) is 20.4 Å². The second kappa shape index (κ2) is 6.27. The lowest BCUT2D eigenvalue weighted by Crippen LogP contribution is -2.41. The van der Waals surface area contributed by atoms with E-state index in [4.69, 9.17) is 0 Å². The average Bonchev–Trinajstić information content (AvgIpc) is 2.97. The molecule has 3 rings (SSSR count). The van der Waals surface area contributed by atoms with E-state index in [9.17, 15) is 14.0 Å². The number of benzene rings is 1. The highest BCUT2D eigenvalue weighted by atomic mass is 32.1. The summed E-state index contributed by atoms with van der Waals surface area (Å²) >= 11 is 1.48. The number of rotatable bonds is 2. The molecule has 0 bridgehead atoms. The smallest absolute Gasteiger partial charge is 0.267 e. The van der Waals surface area contributed by atoms with Crippen LogP contribution in [0.2, 0.25) is 0 Å². The van der Waals surface area contributed by atoms with Gasteiger partial charge in [0.2, 0.25) is 0 Å². The van der Waals surface area contributed by atoms with Gasteiger partial charge in [-0.1, -0.05) is 0 Å². The Kier molecular flexibility index (Phi) is 4.20. The molecule has 0 saturated heterocycles. The minimum absolute atomic E-state index is 0.284. The van der Waals surface area contributed by atoms with Gasteiger partial charge in [0, 0.05) is 10.4 Å². The van der Waals surface area contributed by atoms with E-state index in [1.165, 1.54) is 46.0 Å². The number of hydrogen-bond acceptors (Lipinski definition) is 3. The van der Waals surface area contributed by atoms with Crippen LogP contribution in [-0.4, -0.2) is 11.8 Å². The van der Waals surface area contributed by atoms with Gasteiger partial charge in [0.05, 0.1) is 4.88 Å². The van der Waals surface area contributed by atoms with E-state index in [1.807, 2.05) is 6.07 Å². The summed E-state index contributed by atoms with van der Waals surface area (Å²) in [4.78, 5) is 25.8. The normalized spacial score (nSPS) is 13.3. The first kappa shape index (κ1) is 14.7. The quantitative estimate of drug-likeness (QED) is 0.837. The van der Waals surface area contributed by atoms with Crippen LogP contribution in [0.1, 0.15) is 43.3 Å². The summed E-state index contributed by atoms with van der Waals surface area (Å²) in [5.74, 6) is -1.21. The third-order valence-electron chi connectivity index (χ3n) is 3.62. The number of fused-ring (bicyclic) bond motifs is 1. The van der Waals surface area contributed by atoms with Crippen LogP contribution < -0.4 is 10.9 Å². The number of carbonyl (C=O) groups excluding carboxylic acids is 2. The molecule has 22 heavy (non-hydrogen) atoms. The number of hydrazine groups is 1. The molecule has 1 heterocycles. The van der Waals surface area contributed by atoms with Crippen molar-refractivity contribution in [1.29, 1.82) is 0 Å². The number of halogens is 1. The van der Waals surface area contributed by atoms with Crippen molar-refractivity contribution in [3.05, 3.63) is 57.0 Å². The summed E-state index contributed by atoms with van der Waals surface area (Å²) in [5, 5.41) is 0. The van der Waals surface area contributed by atoms with E-state index in [-0.39, 0.29) is 11.5 Å². The summed E-state index contributed by atoms with van der Waals surface area (Å²) in [6.07, 6.45) is 4.36. The fraction of sp³-hybridized carbons (Fsp3) is 0.250. The Bertz CT molecular complexity index is 686. The molecular weight excluding hydrogens is 303 g/mol. The van der Waals surface area contributed by atoms with Gasteiger partial charge in [0.25, 0.3) is 11.8 Å². The average molecular weight is 318 g/mol. The number of amides is 2. The molecule has 0 spiro atoms.